The van der Waals surface area contributed by atoms with Gasteiger partial charge in [-0.2, -0.15) is 0 Å². The molecule has 0 radical (unpaired) electrons. The van der Waals surface area contributed by atoms with Crippen molar-refractivity contribution in [2.75, 3.05) is 6.54 Å². The zero-order valence-electron chi connectivity index (χ0n) is 11.7. The van der Waals surface area contributed by atoms with Crippen LogP contribution in [0.3, 0.4) is 0 Å². The van der Waals surface area contributed by atoms with Crippen LogP contribution in [0.2, 0.25) is 0 Å². The Morgan fingerprint density at radius 3 is 2.55 bits per heavy atom. The minimum absolute atomic E-state index is 0. The van der Waals surface area contributed by atoms with Crippen LogP contribution < -0.4 is 11.1 Å². The second-order valence-corrected chi connectivity index (χ2v) is 6.29. The van der Waals surface area contributed by atoms with Gasteiger partial charge in [-0.25, -0.2) is 0 Å². The van der Waals surface area contributed by atoms with Crippen molar-refractivity contribution in [3.8, 4) is 0 Å². The van der Waals surface area contributed by atoms with E-state index in [0.717, 1.165) is 11.3 Å². The Balaban J connectivity index is 0.00000200. The number of amides is 1. The molecule has 0 saturated heterocycles. The van der Waals surface area contributed by atoms with Gasteiger partial charge in [0.2, 0.25) is 5.91 Å². The van der Waals surface area contributed by atoms with E-state index in [1.165, 1.54) is 12.8 Å². The molecule has 20 heavy (non-hydrogen) atoms. The highest BCUT2D eigenvalue weighted by Gasteiger charge is 2.32. The van der Waals surface area contributed by atoms with E-state index in [9.17, 15) is 4.79 Å². The second kappa shape index (κ2) is 8.55. The first kappa shape index (κ1) is 17.3. The smallest absolute Gasteiger partial charge is 0.233 e. The van der Waals surface area contributed by atoms with E-state index in [0.29, 0.717) is 12.5 Å². The summed E-state index contributed by atoms with van der Waals surface area (Å²) in [6, 6.07) is 10.2. The standard InChI is InChI=1S/C15H22N2OS.ClH/c1-2-14(19-12-6-4-3-5-7-12)15(18)17-13(10-16)11-8-9-11;/h3-7,11,13-14H,2,8-10,16H2,1H3,(H,17,18);1H. The summed E-state index contributed by atoms with van der Waals surface area (Å²) in [6.45, 7) is 2.59. The number of nitrogens with two attached hydrogens (primary N) is 1. The summed E-state index contributed by atoms with van der Waals surface area (Å²) >= 11 is 1.63. The summed E-state index contributed by atoms with van der Waals surface area (Å²) in [6.07, 6.45) is 3.23. The number of nitrogens with one attached hydrogen (secondary N) is 1. The fourth-order valence-corrected chi connectivity index (χ4v) is 3.11. The highest BCUT2D eigenvalue weighted by molar-refractivity contribution is 8.00. The summed E-state index contributed by atoms with van der Waals surface area (Å²) in [5.41, 5.74) is 5.73. The Bertz CT molecular complexity index is 412. The Labute approximate surface area is 131 Å². The fraction of sp³-hybridized carbons (Fsp3) is 0.533. The maximum atomic E-state index is 12.3. The SMILES string of the molecule is CCC(Sc1ccccc1)C(=O)NC(CN)C1CC1.Cl. The first-order chi connectivity index (χ1) is 9.24. The number of carbonyl (C=O) groups is 1. The predicted octanol–water partition coefficient (Wildman–Crippen LogP) is 2.83. The van der Waals surface area contributed by atoms with Crippen LogP contribution in [-0.2, 0) is 4.79 Å². The molecule has 0 aliphatic heterocycles. The number of carbonyl (C=O) groups excluding carboxylic acids is 1. The van der Waals surface area contributed by atoms with Crippen LogP contribution >= 0.6 is 24.2 Å². The van der Waals surface area contributed by atoms with E-state index in [1.807, 2.05) is 30.3 Å². The van der Waals surface area contributed by atoms with Crippen LogP contribution in [0.4, 0.5) is 0 Å². The summed E-state index contributed by atoms with van der Waals surface area (Å²) in [7, 11) is 0. The molecule has 2 rings (SSSR count). The third kappa shape index (κ3) is 5.00. The largest absolute Gasteiger partial charge is 0.351 e. The van der Waals surface area contributed by atoms with Gasteiger partial charge in [0, 0.05) is 17.5 Å². The van der Waals surface area contributed by atoms with Crippen molar-refractivity contribution in [3.63, 3.8) is 0 Å². The topological polar surface area (TPSA) is 55.1 Å². The van der Waals surface area contributed by atoms with Crippen molar-refractivity contribution < 1.29 is 4.79 Å². The van der Waals surface area contributed by atoms with E-state index >= 15 is 0 Å². The Morgan fingerprint density at radius 1 is 1.40 bits per heavy atom. The lowest BCUT2D eigenvalue weighted by atomic mass is 10.2. The van der Waals surface area contributed by atoms with Gasteiger partial charge in [-0.15, -0.1) is 24.2 Å². The molecule has 2 unspecified atom stereocenters. The van der Waals surface area contributed by atoms with Crippen LogP contribution in [0, 0.1) is 5.92 Å². The zero-order valence-corrected chi connectivity index (χ0v) is 13.4. The van der Waals surface area contributed by atoms with E-state index in [-0.39, 0.29) is 29.6 Å². The van der Waals surface area contributed by atoms with Gasteiger partial charge in [-0.05, 0) is 37.3 Å². The van der Waals surface area contributed by atoms with E-state index in [4.69, 9.17) is 5.73 Å². The van der Waals surface area contributed by atoms with E-state index in [2.05, 4.69) is 12.2 Å². The molecule has 1 saturated carbocycles. The van der Waals surface area contributed by atoms with E-state index in [1.54, 1.807) is 11.8 Å². The number of halogens is 1. The van der Waals surface area contributed by atoms with Crippen molar-refractivity contribution in [2.45, 2.75) is 42.4 Å². The maximum Gasteiger partial charge on any atom is 0.233 e. The van der Waals surface area contributed by atoms with Crippen molar-refractivity contribution in [1.82, 2.24) is 5.32 Å². The first-order valence-corrected chi connectivity index (χ1v) is 7.84. The molecule has 1 aromatic carbocycles. The fourth-order valence-electron chi connectivity index (χ4n) is 2.13. The lowest BCUT2D eigenvalue weighted by molar-refractivity contribution is -0.121. The number of hydrogen-bond donors (Lipinski definition) is 2. The Kier molecular flexibility index (Phi) is 7.41. The molecule has 3 N–H and O–H groups in total. The molecule has 1 fully saturated rings. The lowest BCUT2D eigenvalue weighted by Crippen LogP contribution is -2.45. The van der Waals surface area contributed by atoms with Gasteiger partial charge in [0.25, 0.3) is 0 Å². The highest BCUT2D eigenvalue weighted by Crippen LogP contribution is 2.33. The first-order valence-electron chi connectivity index (χ1n) is 6.96. The molecule has 1 aromatic rings. The van der Waals surface area contributed by atoms with Crippen molar-refractivity contribution in [2.24, 2.45) is 11.7 Å². The van der Waals surface area contributed by atoms with Crippen LogP contribution in [-0.4, -0.2) is 23.7 Å². The molecule has 2 atom stereocenters. The summed E-state index contributed by atoms with van der Waals surface area (Å²) in [5, 5.41) is 3.08. The molecule has 0 heterocycles. The maximum absolute atomic E-state index is 12.3. The molecule has 3 nitrogen and oxygen atoms in total. The quantitative estimate of drug-likeness (QED) is 0.761. The summed E-state index contributed by atoms with van der Waals surface area (Å²) < 4.78 is 0. The number of hydrogen-bond acceptors (Lipinski definition) is 3. The molecule has 112 valence electrons. The van der Waals surface area contributed by atoms with Gasteiger partial charge in [0.05, 0.1) is 5.25 Å². The van der Waals surface area contributed by atoms with Gasteiger partial charge in [-0.1, -0.05) is 25.1 Å². The van der Waals surface area contributed by atoms with Gasteiger partial charge in [-0.3, -0.25) is 4.79 Å². The van der Waals surface area contributed by atoms with Crippen LogP contribution in [0.15, 0.2) is 35.2 Å². The zero-order chi connectivity index (χ0) is 13.7. The van der Waals surface area contributed by atoms with Crippen molar-refractivity contribution in [3.05, 3.63) is 30.3 Å². The molecular weight excluding hydrogens is 292 g/mol. The van der Waals surface area contributed by atoms with Crippen LogP contribution in [0.1, 0.15) is 26.2 Å². The molecule has 0 aromatic heterocycles. The molecule has 1 aliphatic rings. The van der Waals surface area contributed by atoms with Crippen molar-refractivity contribution >= 4 is 30.1 Å². The minimum Gasteiger partial charge on any atom is -0.351 e. The third-order valence-corrected chi connectivity index (χ3v) is 4.83. The number of benzene rings is 1. The monoisotopic (exact) mass is 314 g/mol. The summed E-state index contributed by atoms with van der Waals surface area (Å²) in [4.78, 5) is 13.4. The normalized spacial score (nSPS) is 16.9. The lowest BCUT2D eigenvalue weighted by Gasteiger charge is -2.20. The van der Waals surface area contributed by atoms with E-state index < -0.39 is 0 Å². The predicted molar refractivity (Wildman–Crippen MR) is 87.3 cm³/mol. The van der Waals surface area contributed by atoms with Crippen LogP contribution in [0.25, 0.3) is 0 Å². The summed E-state index contributed by atoms with van der Waals surface area (Å²) in [5.74, 6) is 0.729. The Hall–Kier alpha value is -0.710. The molecule has 0 spiro atoms. The molecule has 0 bridgehead atoms. The van der Waals surface area contributed by atoms with Gasteiger partial charge in [0.1, 0.15) is 0 Å². The highest BCUT2D eigenvalue weighted by atomic mass is 35.5. The molecule has 1 aliphatic carbocycles. The Morgan fingerprint density at radius 2 is 2.05 bits per heavy atom. The van der Waals surface area contributed by atoms with Crippen molar-refractivity contribution in [1.29, 1.82) is 0 Å². The minimum atomic E-state index is -0.0322. The molecular formula is C15H23ClN2OS. The average Bonchev–Trinajstić information content (AvgIpc) is 3.27. The van der Waals surface area contributed by atoms with Gasteiger partial charge < -0.3 is 11.1 Å². The number of rotatable bonds is 7. The van der Waals surface area contributed by atoms with Crippen LogP contribution in [0.5, 0.6) is 0 Å². The van der Waals surface area contributed by atoms with Gasteiger partial charge >= 0.3 is 0 Å². The molecule has 1 amide bonds. The third-order valence-electron chi connectivity index (χ3n) is 3.46. The average molecular weight is 315 g/mol. The second-order valence-electron chi connectivity index (χ2n) is 5.02. The van der Waals surface area contributed by atoms with Gasteiger partial charge in [0.15, 0.2) is 0 Å². The number of thioether (sulfide) groups is 1. The molecule has 5 heteroatoms.